The third-order valence-corrected chi connectivity index (χ3v) is 2.89. The normalized spacial score (nSPS) is 12.5. The van der Waals surface area contributed by atoms with Crippen molar-refractivity contribution >= 4 is 5.69 Å². The van der Waals surface area contributed by atoms with E-state index in [4.69, 9.17) is 10.8 Å². The summed E-state index contributed by atoms with van der Waals surface area (Å²) in [4.78, 5) is 2.29. The molecule has 0 saturated heterocycles. The number of rotatable bonds is 6. The quantitative estimate of drug-likeness (QED) is 0.773. The topological polar surface area (TPSA) is 49.5 Å². The van der Waals surface area contributed by atoms with Gasteiger partial charge in [-0.15, -0.1) is 0 Å². The molecular formula is C13H22N2O. The van der Waals surface area contributed by atoms with Gasteiger partial charge >= 0.3 is 0 Å². The Kier molecular flexibility index (Phi) is 5.29. The predicted molar refractivity (Wildman–Crippen MR) is 68.6 cm³/mol. The highest BCUT2D eigenvalue weighted by molar-refractivity contribution is 5.47. The standard InChI is InChI=1S/C13H22N2O/c1-3-15(4-2)12-7-5-11(6-8-12)13(14)9-10-16/h5-8,13,16H,3-4,9-10,14H2,1-2H3/t13-/m1/s1. The summed E-state index contributed by atoms with van der Waals surface area (Å²) in [6.45, 7) is 6.46. The minimum absolute atomic E-state index is 0.0595. The molecular weight excluding hydrogens is 200 g/mol. The Balaban J connectivity index is 2.74. The summed E-state index contributed by atoms with van der Waals surface area (Å²) in [7, 11) is 0. The van der Waals surface area contributed by atoms with Gasteiger partial charge < -0.3 is 15.7 Å². The van der Waals surface area contributed by atoms with Crippen molar-refractivity contribution in [3.8, 4) is 0 Å². The average Bonchev–Trinajstić information content (AvgIpc) is 2.32. The second kappa shape index (κ2) is 6.51. The van der Waals surface area contributed by atoms with Crippen molar-refractivity contribution in [3.05, 3.63) is 29.8 Å². The van der Waals surface area contributed by atoms with E-state index in [2.05, 4.69) is 30.9 Å². The molecule has 0 bridgehead atoms. The largest absolute Gasteiger partial charge is 0.396 e. The molecule has 3 N–H and O–H groups in total. The summed E-state index contributed by atoms with van der Waals surface area (Å²) in [5.74, 6) is 0. The summed E-state index contributed by atoms with van der Waals surface area (Å²) in [5.41, 5.74) is 8.24. The van der Waals surface area contributed by atoms with Gasteiger partial charge in [0.25, 0.3) is 0 Å². The van der Waals surface area contributed by atoms with Gasteiger partial charge in [0.05, 0.1) is 0 Å². The molecule has 0 amide bonds. The zero-order valence-electron chi connectivity index (χ0n) is 10.2. The number of anilines is 1. The molecule has 16 heavy (non-hydrogen) atoms. The molecule has 0 aliphatic rings. The van der Waals surface area contributed by atoms with Crippen LogP contribution in [0.4, 0.5) is 5.69 Å². The summed E-state index contributed by atoms with van der Waals surface area (Å²) in [5, 5.41) is 8.83. The Morgan fingerprint density at radius 3 is 2.19 bits per heavy atom. The first-order valence-corrected chi connectivity index (χ1v) is 5.94. The van der Waals surface area contributed by atoms with Crippen molar-refractivity contribution in [2.75, 3.05) is 24.6 Å². The number of nitrogens with two attached hydrogens (primary N) is 1. The van der Waals surface area contributed by atoms with Crippen molar-refractivity contribution in [1.29, 1.82) is 0 Å². The van der Waals surface area contributed by atoms with Gasteiger partial charge in [0, 0.05) is 31.4 Å². The molecule has 0 aliphatic carbocycles. The molecule has 0 aliphatic heterocycles. The van der Waals surface area contributed by atoms with Crippen LogP contribution < -0.4 is 10.6 Å². The van der Waals surface area contributed by atoms with Crippen molar-refractivity contribution in [2.45, 2.75) is 26.3 Å². The van der Waals surface area contributed by atoms with Crippen LogP contribution in [-0.4, -0.2) is 24.8 Å². The van der Waals surface area contributed by atoms with Crippen LogP contribution in [0.15, 0.2) is 24.3 Å². The highest BCUT2D eigenvalue weighted by Crippen LogP contribution is 2.19. The average molecular weight is 222 g/mol. The van der Waals surface area contributed by atoms with Crippen LogP contribution in [0.5, 0.6) is 0 Å². The van der Waals surface area contributed by atoms with Crippen LogP contribution >= 0.6 is 0 Å². The molecule has 90 valence electrons. The fourth-order valence-corrected chi connectivity index (χ4v) is 1.83. The van der Waals surface area contributed by atoms with Gasteiger partial charge in [-0.05, 0) is 38.0 Å². The zero-order chi connectivity index (χ0) is 12.0. The smallest absolute Gasteiger partial charge is 0.0449 e. The highest BCUT2D eigenvalue weighted by Gasteiger charge is 2.06. The van der Waals surface area contributed by atoms with Crippen molar-refractivity contribution in [2.24, 2.45) is 5.73 Å². The Morgan fingerprint density at radius 1 is 1.19 bits per heavy atom. The van der Waals surface area contributed by atoms with Gasteiger partial charge in [0.15, 0.2) is 0 Å². The van der Waals surface area contributed by atoms with Crippen molar-refractivity contribution < 1.29 is 5.11 Å². The van der Waals surface area contributed by atoms with E-state index in [-0.39, 0.29) is 12.6 Å². The van der Waals surface area contributed by atoms with Crippen LogP contribution in [0.25, 0.3) is 0 Å². The van der Waals surface area contributed by atoms with E-state index in [1.807, 2.05) is 12.1 Å². The van der Waals surface area contributed by atoms with Crippen LogP contribution in [0.3, 0.4) is 0 Å². The molecule has 0 heterocycles. The van der Waals surface area contributed by atoms with Crippen molar-refractivity contribution in [3.63, 3.8) is 0 Å². The number of nitrogens with zero attached hydrogens (tertiary/aromatic N) is 1. The van der Waals surface area contributed by atoms with E-state index in [0.29, 0.717) is 6.42 Å². The Morgan fingerprint density at radius 2 is 1.75 bits per heavy atom. The molecule has 1 rings (SSSR count). The molecule has 0 saturated carbocycles. The molecule has 0 fully saturated rings. The van der Waals surface area contributed by atoms with Crippen LogP contribution in [0.2, 0.25) is 0 Å². The molecule has 3 nitrogen and oxygen atoms in total. The summed E-state index contributed by atoms with van der Waals surface area (Å²) in [6.07, 6.45) is 0.616. The first kappa shape index (κ1) is 13.0. The van der Waals surface area contributed by atoms with Crippen molar-refractivity contribution in [1.82, 2.24) is 0 Å². The number of aliphatic hydroxyl groups is 1. The minimum Gasteiger partial charge on any atom is -0.396 e. The van der Waals surface area contributed by atoms with E-state index in [9.17, 15) is 0 Å². The maximum Gasteiger partial charge on any atom is 0.0449 e. The second-order valence-electron chi connectivity index (χ2n) is 3.88. The third-order valence-electron chi connectivity index (χ3n) is 2.89. The predicted octanol–water partition coefficient (Wildman–Crippen LogP) is 1.92. The van der Waals surface area contributed by atoms with E-state index < -0.39 is 0 Å². The SMILES string of the molecule is CCN(CC)c1ccc([C@H](N)CCO)cc1. The van der Waals surface area contributed by atoms with Gasteiger partial charge in [0.2, 0.25) is 0 Å². The first-order chi connectivity index (χ1) is 7.72. The Bertz CT molecular complexity index is 293. The van der Waals surface area contributed by atoms with E-state index in [1.54, 1.807) is 0 Å². The van der Waals surface area contributed by atoms with Crippen LogP contribution in [0.1, 0.15) is 31.9 Å². The maximum atomic E-state index is 8.83. The van der Waals surface area contributed by atoms with Crippen LogP contribution in [0, 0.1) is 0 Å². The fraction of sp³-hybridized carbons (Fsp3) is 0.538. The summed E-state index contributed by atoms with van der Waals surface area (Å²) in [6, 6.07) is 8.23. The van der Waals surface area contributed by atoms with Gasteiger partial charge in [-0.1, -0.05) is 12.1 Å². The van der Waals surface area contributed by atoms with E-state index in [0.717, 1.165) is 18.7 Å². The molecule has 0 aromatic heterocycles. The van der Waals surface area contributed by atoms with Gasteiger partial charge in [-0.3, -0.25) is 0 Å². The molecule has 0 unspecified atom stereocenters. The lowest BCUT2D eigenvalue weighted by atomic mass is 10.0. The molecule has 0 radical (unpaired) electrons. The molecule has 0 spiro atoms. The third kappa shape index (κ3) is 3.22. The minimum atomic E-state index is -0.0595. The fourth-order valence-electron chi connectivity index (χ4n) is 1.83. The summed E-state index contributed by atoms with van der Waals surface area (Å²) >= 11 is 0. The molecule has 3 heteroatoms. The zero-order valence-corrected chi connectivity index (χ0v) is 10.2. The Hall–Kier alpha value is -1.06. The molecule has 1 aromatic carbocycles. The van der Waals surface area contributed by atoms with E-state index in [1.165, 1.54) is 5.69 Å². The van der Waals surface area contributed by atoms with Gasteiger partial charge in [-0.2, -0.15) is 0 Å². The van der Waals surface area contributed by atoms with Crippen LogP contribution in [-0.2, 0) is 0 Å². The first-order valence-electron chi connectivity index (χ1n) is 5.94. The highest BCUT2D eigenvalue weighted by atomic mass is 16.3. The molecule has 1 atom stereocenters. The lowest BCUT2D eigenvalue weighted by Crippen LogP contribution is -2.21. The lowest BCUT2D eigenvalue weighted by Gasteiger charge is -2.21. The monoisotopic (exact) mass is 222 g/mol. The van der Waals surface area contributed by atoms with Gasteiger partial charge in [0.1, 0.15) is 0 Å². The number of hydrogen-bond acceptors (Lipinski definition) is 3. The lowest BCUT2D eigenvalue weighted by molar-refractivity contribution is 0.276. The number of hydrogen-bond donors (Lipinski definition) is 2. The summed E-state index contributed by atoms with van der Waals surface area (Å²) < 4.78 is 0. The molecule has 1 aromatic rings. The van der Waals surface area contributed by atoms with Gasteiger partial charge in [-0.25, -0.2) is 0 Å². The number of aliphatic hydroxyl groups excluding tert-OH is 1. The number of benzene rings is 1. The maximum absolute atomic E-state index is 8.83. The second-order valence-corrected chi connectivity index (χ2v) is 3.88. The Labute approximate surface area is 97.9 Å². The van der Waals surface area contributed by atoms with E-state index >= 15 is 0 Å².